The lowest BCUT2D eigenvalue weighted by atomic mass is 9.84. The third kappa shape index (κ3) is 4.16. The van der Waals surface area contributed by atoms with Crippen LogP contribution in [0.3, 0.4) is 0 Å². The van der Waals surface area contributed by atoms with Gasteiger partial charge in [0.2, 0.25) is 5.88 Å². The lowest BCUT2D eigenvalue weighted by molar-refractivity contribution is 0.207. The first kappa shape index (κ1) is 23.3. The summed E-state index contributed by atoms with van der Waals surface area (Å²) >= 11 is 0. The molecule has 3 atom stereocenters. The predicted molar refractivity (Wildman–Crippen MR) is 127 cm³/mol. The minimum atomic E-state index is -1.23. The number of hydrogen-bond acceptors (Lipinski definition) is 8. The summed E-state index contributed by atoms with van der Waals surface area (Å²) in [5.41, 5.74) is -0.253. The minimum Gasteiger partial charge on any atom is -0.507 e. The standard InChI is InChI=1S/C25H28F2N6O2/c1-24-7-8-25(2,32-24)12-14(11-24)33(3)19-6-5-16(30-31-19)21-18(34)9-15(22(26)23(21)27)17-10-20(35-4)29-13-28-17/h5-6,9-10,13-14,32,34H,7-8,11-12H2,1-4H3/t14?,24-,25+. The van der Waals surface area contributed by atoms with Gasteiger partial charge in [0.25, 0.3) is 0 Å². The molecule has 2 aliphatic heterocycles. The molecule has 4 heterocycles. The van der Waals surface area contributed by atoms with Crippen molar-refractivity contribution in [2.45, 2.75) is 56.7 Å². The molecule has 10 heteroatoms. The van der Waals surface area contributed by atoms with E-state index in [9.17, 15) is 5.11 Å². The lowest BCUT2D eigenvalue weighted by Crippen LogP contribution is -2.58. The van der Waals surface area contributed by atoms with Crippen LogP contribution in [0, 0.1) is 11.6 Å². The number of nitrogens with one attached hydrogen (secondary N) is 1. The average Bonchev–Trinajstić information content (AvgIpc) is 3.07. The lowest BCUT2D eigenvalue weighted by Gasteiger charge is -2.45. The second kappa shape index (κ2) is 8.37. The third-order valence-electron chi connectivity index (χ3n) is 7.33. The van der Waals surface area contributed by atoms with Crippen LogP contribution in [-0.2, 0) is 0 Å². The third-order valence-corrected chi connectivity index (χ3v) is 7.33. The number of nitrogens with zero attached hydrogens (tertiary/aromatic N) is 5. The van der Waals surface area contributed by atoms with Crippen molar-refractivity contribution in [2.24, 2.45) is 0 Å². The molecule has 2 saturated heterocycles. The second-order valence-electron chi connectivity index (χ2n) is 10.1. The van der Waals surface area contributed by atoms with Crippen molar-refractivity contribution in [3.8, 4) is 34.1 Å². The monoisotopic (exact) mass is 482 g/mol. The maximum Gasteiger partial charge on any atom is 0.216 e. The fourth-order valence-corrected chi connectivity index (χ4v) is 5.57. The number of aromatic hydroxyl groups is 1. The van der Waals surface area contributed by atoms with E-state index in [1.165, 1.54) is 19.5 Å². The minimum absolute atomic E-state index is 0.0344. The summed E-state index contributed by atoms with van der Waals surface area (Å²) in [4.78, 5) is 9.92. The zero-order chi connectivity index (χ0) is 25.0. The van der Waals surface area contributed by atoms with E-state index in [1.54, 1.807) is 12.1 Å². The van der Waals surface area contributed by atoms with E-state index < -0.39 is 17.4 Å². The van der Waals surface area contributed by atoms with Gasteiger partial charge in [0.05, 0.1) is 24.1 Å². The van der Waals surface area contributed by atoms with E-state index >= 15 is 8.78 Å². The smallest absolute Gasteiger partial charge is 0.216 e. The summed E-state index contributed by atoms with van der Waals surface area (Å²) in [5, 5.41) is 22.7. The Bertz CT molecular complexity index is 1260. The summed E-state index contributed by atoms with van der Waals surface area (Å²) < 4.78 is 35.1. The van der Waals surface area contributed by atoms with E-state index in [4.69, 9.17) is 4.74 Å². The number of fused-ring (bicyclic) bond motifs is 2. The maximum absolute atomic E-state index is 15.1. The summed E-state index contributed by atoms with van der Waals surface area (Å²) in [5.74, 6) is -2.04. The van der Waals surface area contributed by atoms with Crippen LogP contribution in [0.15, 0.2) is 30.6 Å². The van der Waals surface area contributed by atoms with E-state index in [1.807, 2.05) is 7.05 Å². The first-order valence-electron chi connectivity index (χ1n) is 11.5. The number of piperidine rings is 1. The highest BCUT2D eigenvalue weighted by Crippen LogP contribution is 2.44. The molecule has 5 rings (SSSR count). The molecule has 184 valence electrons. The number of aromatic nitrogens is 4. The Morgan fingerprint density at radius 3 is 2.37 bits per heavy atom. The van der Waals surface area contributed by atoms with E-state index in [-0.39, 0.29) is 45.5 Å². The van der Waals surface area contributed by atoms with E-state index in [2.05, 4.69) is 44.2 Å². The van der Waals surface area contributed by atoms with Crippen molar-refractivity contribution in [1.82, 2.24) is 25.5 Å². The number of halogens is 2. The Morgan fingerprint density at radius 1 is 1.03 bits per heavy atom. The van der Waals surface area contributed by atoms with Gasteiger partial charge in [-0.05, 0) is 57.7 Å². The topological polar surface area (TPSA) is 96.3 Å². The van der Waals surface area contributed by atoms with Crippen LogP contribution in [0.4, 0.5) is 14.6 Å². The summed E-state index contributed by atoms with van der Waals surface area (Å²) in [7, 11) is 3.38. The second-order valence-corrected chi connectivity index (χ2v) is 10.1. The van der Waals surface area contributed by atoms with Gasteiger partial charge in [-0.1, -0.05) is 0 Å². The molecule has 3 aromatic rings. The first-order chi connectivity index (χ1) is 16.6. The van der Waals surface area contributed by atoms with Crippen molar-refractivity contribution in [2.75, 3.05) is 19.1 Å². The molecule has 0 spiro atoms. The van der Waals surface area contributed by atoms with Crippen LogP contribution >= 0.6 is 0 Å². The quantitative estimate of drug-likeness (QED) is 0.561. The Hall–Kier alpha value is -3.40. The molecule has 0 saturated carbocycles. The molecular weight excluding hydrogens is 454 g/mol. The van der Waals surface area contributed by atoms with Crippen LogP contribution in [-0.4, -0.2) is 56.5 Å². The molecule has 2 aliphatic rings. The van der Waals surface area contributed by atoms with Gasteiger partial charge in [-0.15, -0.1) is 10.2 Å². The summed E-state index contributed by atoms with van der Waals surface area (Å²) in [6, 6.07) is 6.01. The van der Waals surface area contributed by atoms with Gasteiger partial charge in [-0.2, -0.15) is 0 Å². The van der Waals surface area contributed by atoms with Gasteiger partial charge in [0.1, 0.15) is 12.1 Å². The molecule has 0 amide bonds. The highest BCUT2D eigenvalue weighted by Gasteiger charge is 2.49. The highest BCUT2D eigenvalue weighted by atomic mass is 19.2. The molecule has 1 unspecified atom stereocenters. The zero-order valence-electron chi connectivity index (χ0n) is 20.1. The molecule has 2 aromatic heterocycles. The van der Waals surface area contributed by atoms with Crippen LogP contribution in [0.2, 0.25) is 0 Å². The number of anilines is 1. The van der Waals surface area contributed by atoms with E-state index in [0.29, 0.717) is 5.82 Å². The van der Waals surface area contributed by atoms with Crippen molar-refractivity contribution < 1.29 is 18.6 Å². The van der Waals surface area contributed by atoms with Gasteiger partial charge in [-0.25, -0.2) is 18.7 Å². The number of methoxy groups -OCH3 is 1. The van der Waals surface area contributed by atoms with Gasteiger partial charge in [-0.3, -0.25) is 0 Å². The number of hydrogen-bond donors (Lipinski definition) is 2. The van der Waals surface area contributed by atoms with Gasteiger partial charge in [0, 0.05) is 35.8 Å². The number of ether oxygens (including phenoxy) is 1. The Morgan fingerprint density at radius 2 is 1.74 bits per heavy atom. The molecule has 0 aliphatic carbocycles. The Kier molecular flexibility index (Phi) is 5.58. The molecule has 8 nitrogen and oxygen atoms in total. The normalized spacial score (nSPS) is 25.5. The zero-order valence-corrected chi connectivity index (χ0v) is 20.1. The molecule has 0 radical (unpaired) electrons. The number of benzene rings is 1. The van der Waals surface area contributed by atoms with Gasteiger partial charge >= 0.3 is 0 Å². The number of rotatable bonds is 5. The van der Waals surface area contributed by atoms with Crippen molar-refractivity contribution in [3.05, 3.63) is 42.2 Å². The summed E-state index contributed by atoms with van der Waals surface area (Å²) in [6.07, 6.45) is 5.42. The number of phenols is 1. The van der Waals surface area contributed by atoms with Crippen LogP contribution in [0.5, 0.6) is 11.6 Å². The predicted octanol–water partition coefficient (Wildman–Crippen LogP) is 4.09. The Balaban J connectivity index is 1.43. The van der Waals surface area contributed by atoms with Gasteiger partial charge < -0.3 is 20.1 Å². The van der Waals surface area contributed by atoms with E-state index in [0.717, 1.165) is 31.7 Å². The van der Waals surface area contributed by atoms with Crippen molar-refractivity contribution in [3.63, 3.8) is 0 Å². The maximum atomic E-state index is 15.1. The fourth-order valence-electron chi connectivity index (χ4n) is 5.57. The first-order valence-corrected chi connectivity index (χ1v) is 11.5. The molecule has 2 N–H and O–H groups in total. The van der Waals surface area contributed by atoms with Crippen LogP contribution in [0.1, 0.15) is 39.5 Å². The Labute approximate surface area is 202 Å². The number of phenolic OH excluding ortho intramolecular Hbond substituents is 1. The molecule has 35 heavy (non-hydrogen) atoms. The largest absolute Gasteiger partial charge is 0.507 e. The van der Waals surface area contributed by atoms with Crippen molar-refractivity contribution in [1.29, 1.82) is 0 Å². The van der Waals surface area contributed by atoms with Crippen LogP contribution in [0.25, 0.3) is 22.5 Å². The average molecular weight is 483 g/mol. The fraction of sp³-hybridized carbons (Fsp3) is 0.440. The van der Waals surface area contributed by atoms with Crippen molar-refractivity contribution >= 4 is 5.82 Å². The molecular formula is C25H28F2N6O2. The molecule has 1 aromatic carbocycles. The van der Waals surface area contributed by atoms with Gasteiger partial charge in [0.15, 0.2) is 17.5 Å². The highest BCUT2D eigenvalue weighted by molar-refractivity contribution is 5.74. The molecule has 2 bridgehead atoms. The van der Waals surface area contributed by atoms with Crippen LogP contribution < -0.4 is 15.0 Å². The summed E-state index contributed by atoms with van der Waals surface area (Å²) in [6.45, 7) is 4.52. The SMILES string of the molecule is COc1cc(-c2cc(O)c(-c3ccc(N(C)C4C[C@]5(C)CC[C@](C)(C4)N5)nn3)c(F)c2F)ncn1. The molecule has 2 fully saturated rings.